The molecular formula is C43H70N2O5. The van der Waals surface area contributed by atoms with E-state index in [-0.39, 0.29) is 39.1 Å². The van der Waals surface area contributed by atoms with Gasteiger partial charge < -0.3 is 20.4 Å². The number of rotatable bonds is 11. The maximum absolute atomic E-state index is 14.4. The predicted molar refractivity (Wildman–Crippen MR) is 198 cm³/mol. The number of aliphatic hydroxyl groups excluding tert-OH is 1. The van der Waals surface area contributed by atoms with Gasteiger partial charge in [-0.3, -0.25) is 9.59 Å². The minimum atomic E-state index is -0.886. The number of allylic oxidation sites excluding steroid dienone is 1. The molecule has 5 saturated carbocycles. The summed E-state index contributed by atoms with van der Waals surface area (Å²) in [5.74, 6) is 1.91. The maximum atomic E-state index is 14.4. The van der Waals surface area contributed by atoms with Gasteiger partial charge in [0.15, 0.2) is 0 Å². The lowest BCUT2D eigenvalue weighted by molar-refractivity contribution is -0.246. The highest BCUT2D eigenvalue weighted by Crippen LogP contribution is 2.77. The molecule has 0 aromatic carbocycles. The van der Waals surface area contributed by atoms with Crippen molar-refractivity contribution in [3.8, 4) is 0 Å². The van der Waals surface area contributed by atoms with Crippen LogP contribution in [-0.2, 0) is 14.4 Å². The number of carboxylic acids is 1. The maximum Gasteiger partial charge on any atom is 0.326 e. The van der Waals surface area contributed by atoms with Gasteiger partial charge in [0.25, 0.3) is 0 Å². The van der Waals surface area contributed by atoms with Crippen LogP contribution in [0, 0.1) is 56.7 Å². The number of carboxylic acid groups (broad SMARTS) is 1. The van der Waals surface area contributed by atoms with Crippen molar-refractivity contribution in [3.63, 3.8) is 0 Å². The van der Waals surface area contributed by atoms with E-state index >= 15 is 0 Å². The topological polar surface area (TPSA) is 107 Å². The summed E-state index contributed by atoms with van der Waals surface area (Å²) in [4.78, 5) is 40.0. The SMILES string of the molecule is C=C(C)[C@@H]1CC[C@]2(C(=O)NCCCCCCCC(=O)N3CCC[C@H]3C(=O)O)CC[C@]3(C)[C@H](CC[C@@H]4[C@@]5(C)CC[C@H](O)C(C)(C)[C@@H]5CC[C@]43C)[C@@H]12. The third-order valence-corrected chi connectivity index (χ3v) is 17.2. The first-order chi connectivity index (χ1) is 23.5. The number of aliphatic carboxylic acids is 1. The van der Waals surface area contributed by atoms with Gasteiger partial charge in [0, 0.05) is 19.5 Å². The largest absolute Gasteiger partial charge is 0.480 e. The number of likely N-dealkylation sites (tertiary alicyclic amines) is 1. The Morgan fingerprint density at radius 1 is 0.800 bits per heavy atom. The van der Waals surface area contributed by atoms with Gasteiger partial charge in [-0.15, -0.1) is 0 Å². The average molecular weight is 695 g/mol. The Morgan fingerprint density at radius 3 is 2.24 bits per heavy atom. The van der Waals surface area contributed by atoms with Crippen molar-refractivity contribution in [1.29, 1.82) is 0 Å². The highest BCUT2D eigenvalue weighted by atomic mass is 16.4. The molecule has 5 aliphatic carbocycles. The first-order valence-electron chi connectivity index (χ1n) is 20.7. The number of carbonyl (C=O) groups is 3. The quantitative estimate of drug-likeness (QED) is 0.149. The van der Waals surface area contributed by atoms with E-state index < -0.39 is 12.0 Å². The first kappa shape index (κ1) is 37.9. The van der Waals surface area contributed by atoms with Gasteiger partial charge in [-0.05, 0) is 148 Å². The molecule has 0 aromatic rings. The molecule has 50 heavy (non-hydrogen) atoms. The van der Waals surface area contributed by atoms with Crippen molar-refractivity contribution in [2.75, 3.05) is 13.1 Å². The van der Waals surface area contributed by atoms with Gasteiger partial charge in [-0.1, -0.05) is 66.0 Å². The van der Waals surface area contributed by atoms with Crippen molar-refractivity contribution < 1.29 is 24.6 Å². The van der Waals surface area contributed by atoms with Crippen molar-refractivity contribution in [2.24, 2.45) is 56.7 Å². The molecule has 0 unspecified atom stereocenters. The zero-order chi connectivity index (χ0) is 36.3. The van der Waals surface area contributed by atoms with Crippen LogP contribution in [0.5, 0.6) is 0 Å². The Bertz CT molecular complexity index is 1330. The molecule has 7 heteroatoms. The molecule has 0 radical (unpaired) electrons. The molecule has 282 valence electrons. The monoisotopic (exact) mass is 695 g/mol. The number of unbranched alkanes of at least 4 members (excludes halogenated alkanes) is 4. The second-order valence-corrected chi connectivity index (χ2v) is 19.6. The molecule has 0 spiro atoms. The Labute approximate surface area is 303 Å². The summed E-state index contributed by atoms with van der Waals surface area (Å²) in [6.07, 6.45) is 17.4. The number of aliphatic hydroxyl groups is 1. The Hall–Kier alpha value is -1.89. The standard InChI is InChI=1S/C43H70N2O5/c1-28(2)29-18-23-43(38(50)44-26-12-10-8-9-11-15-35(47)45-27-13-14-31(45)37(48)49)25-24-41(6)30(36(29)43)16-17-33-40(5)21-20-34(46)39(3,4)32(40)19-22-42(33,41)7/h29-34,36,46H,1,8-27H2,2-7H3,(H,44,50)(H,48,49)/t29-,30+,31-,32-,33+,34-,36+,40-,41+,42+,43-/m0/s1. The molecule has 0 bridgehead atoms. The third-order valence-electron chi connectivity index (χ3n) is 17.2. The fourth-order valence-corrected chi connectivity index (χ4v) is 14.3. The van der Waals surface area contributed by atoms with E-state index in [4.69, 9.17) is 0 Å². The number of hydrogen-bond acceptors (Lipinski definition) is 4. The molecule has 0 aromatic heterocycles. The van der Waals surface area contributed by atoms with Crippen LogP contribution < -0.4 is 5.32 Å². The van der Waals surface area contributed by atoms with Crippen LogP contribution in [0.25, 0.3) is 0 Å². The van der Waals surface area contributed by atoms with Crippen molar-refractivity contribution in [3.05, 3.63) is 12.2 Å². The van der Waals surface area contributed by atoms with Crippen LogP contribution in [0.15, 0.2) is 12.2 Å². The summed E-state index contributed by atoms with van der Waals surface area (Å²) in [5.41, 5.74) is 1.62. The number of fused-ring (bicyclic) bond motifs is 7. The molecule has 6 fully saturated rings. The highest BCUT2D eigenvalue weighted by molar-refractivity contribution is 5.84. The van der Waals surface area contributed by atoms with Crippen LogP contribution in [0.2, 0.25) is 0 Å². The Morgan fingerprint density at radius 2 is 1.52 bits per heavy atom. The number of carbonyl (C=O) groups excluding carboxylic acids is 2. The fraction of sp³-hybridized carbons (Fsp3) is 0.884. The van der Waals surface area contributed by atoms with Gasteiger partial charge in [0.05, 0.1) is 11.5 Å². The van der Waals surface area contributed by atoms with E-state index in [0.29, 0.717) is 61.4 Å². The minimum Gasteiger partial charge on any atom is -0.480 e. The van der Waals surface area contributed by atoms with Gasteiger partial charge >= 0.3 is 5.97 Å². The van der Waals surface area contributed by atoms with Crippen LogP contribution >= 0.6 is 0 Å². The molecule has 6 rings (SSSR count). The second-order valence-electron chi connectivity index (χ2n) is 19.6. The third kappa shape index (κ3) is 5.90. The average Bonchev–Trinajstić information content (AvgIpc) is 3.71. The van der Waals surface area contributed by atoms with E-state index in [1.54, 1.807) is 4.90 Å². The van der Waals surface area contributed by atoms with E-state index in [9.17, 15) is 24.6 Å². The van der Waals surface area contributed by atoms with Crippen LogP contribution in [0.4, 0.5) is 0 Å². The molecule has 3 N–H and O–H groups in total. The molecule has 6 aliphatic rings. The lowest BCUT2D eigenvalue weighted by Crippen LogP contribution is -2.67. The minimum absolute atomic E-state index is 0.0219. The van der Waals surface area contributed by atoms with Crippen LogP contribution in [0.1, 0.15) is 157 Å². The predicted octanol–water partition coefficient (Wildman–Crippen LogP) is 8.54. The van der Waals surface area contributed by atoms with E-state index in [1.165, 1.54) is 31.3 Å². The number of nitrogens with one attached hydrogen (secondary N) is 1. The number of amides is 2. The summed E-state index contributed by atoms with van der Waals surface area (Å²) in [6.45, 7) is 20.5. The van der Waals surface area contributed by atoms with Gasteiger partial charge in [-0.25, -0.2) is 4.79 Å². The molecule has 2 amide bonds. The summed E-state index contributed by atoms with van der Waals surface area (Å²) in [7, 11) is 0. The summed E-state index contributed by atoms with van der Waals surface area (Å²) in [6, 6.07) is -0.643. The first-order valence-corrected chi connectivity index (χ1v) is 20.7. The second kappa shape index (κ2) is 13.8. The smallest absolute Gasteiger partial charge is 0.326 e. The molecular weight excluding hydrogens is 624 g/mol. The molecule has 1 aliphatic heterocycles. The molecule has 1 saturated heterocycles. The van der Waals surface area contributed by atoms with E-state index in [0.717, 1.165) is 77.0 Å². The fourth-order valence-electron chi connectivity index (χ4n) is 14.3. The molecule has 7 nitrogen and oxygen atoms in total. The normalized spacial score (nSPS) is 43.3. The lowest BCUT2D eigenvalue weighted by atomic mass is 9.32. The van der Waals surface area contributed by atoms with Crippen LogP contribution in [-0.4, -0.2) is 58.1 Å². The number of hydrogen-bond donors (Lipinski definition) is 3. The summed E-state index contributed by atoms with van der Waals surface area (Å²) >= 11 is 0. The van der Waals surface area contributed by atoms with Gasteiger partial charge in [0.1, 0.15) is 6.04 Å². The van der Waals surface area contributed by atoms with E-state index in [1.807, 2.05) is 0 Å². The van der Waals surface area contributed by atoms with E-state index in [2.05, 4.69) is 53.4 Å². The molecule has 1 heterocycles. The van der Waals surface area contributed by atoms with Crippen molar-refractivity contribution in [2.45, 2.75) is 169 Å². The highest BCUT2D eigenvalue weighted by Gasteiger charge is 2.71. The lowest BCUT2D eigenvalue weighted by Gasteiger charge is -2.72. The Balaban J connectivity index is 1.07. The van der Waals surface area contributed by atoms with Gasteiger partial charge in [-0.2, -0.15) is 0 Å². The summed E-state index contributed by atoms with van der Waals surface area (Å²) < 4.78 is 0. The van der Waals surface area contributed by atoms with Crippen LogP contribution in [0.3, 0.4) is 0 Å². The van der Waals surface area contributed by atoms with Gasteiger partial charge in [0.2, 0.25) is 11.8 Å². The van der Waals surface area contributed by atoms with Crippen molar-refractivity contribution in [1.82, 2.24) is 10.2 Å². The Kier molecular flexibility index (Phi) is 10.5. The summed E-state index contributed by atoms with van der Waals surface area (Å²) in [5, 5.41) is 23.9. The molecule has 11 atom stereocenters. The zero-order valence-corrected chi connectivity index (χ0v) is 32.5. The van der Waals surface area contributed by atoms with Crippen molar-refractivity contribution >= 4 is 17.8 Å². The zero-order valence-electron chi connectivity index (χ0n) is 32.5. The number of nitrogens with zero attached hydrogens (tertiary/aromatic N) is 1.